The number of hydrogen-bond acceptors (Lipinski definition) is 0. The fourth-order valence-corrected chi connectivity index (χ4v) is 5.65. The molecule has 6 aromatic rings. The van der Waals surface area contributed by atoms with Crippen LogP contribution < -0.4 is 0 Å². The number of H-pyrrole nitrogens is 3. The number of aromatic nitrogens is 3. The SMILES string of the molecule is Brc1ccc2[nH]cc(C(c3c[nH]c4ccc(Br)cc34)c3c[nH]c4ccc(Br)cc34)c2c1. The molecule has 0 unspecified atom stereocenters. The van der Waals surface area contributed by atoms with Crippen LogP contribution in [0.15, 0.2) is 86.6 Å². The minimum atomic E-state index is 0.0501. The second-order valence-corrected chi connectivity index (χ2v) is 10.5. The monoisotopic (exact) mass is 595 g/mol. The highest BCUT2D eigenvalue weighted by Crippen LogP contribution is 2.43. The van der Waals surface area contributed by atoms with E-state index >= 15 is 0 Å². The first-order valence-electron chi connectivity index (χ1n) is 9.88. The molecule has 3 heterocycles. The van der Waals surface area contributed by atoms with Gasteiger partial charge in [0, 0.05) is 70.6 Å². The molecule has 0 aliphatic carbocycles. The van der Waals surface area contributed by atoms with Crippen molar-refractivity contribution in [2.75, 3.05) is 0 Å². The van der Waals surface area contributed by atoms with Crippen LogP contribution in [-0.4, -0.2) is 15.0 Å². The van der Waals surface area contributed by atoms with Crippen molar-refractivity contribution in [2.24, 2.45) is 0 Å². The zero-order chi connectivity index (χ0) is 21.1. The molecule has 6 heteroatoms. The van der Waals surface area contributed by atoms with Gasteiger partial charge in [0.2, 0.25) is 0 Å². The lowest BCUT2D eigenvalue weighted by molar-refractivity contribution is 1.01. The molecule has 3 aromatic carbocycles. The van der Waals surface area contributed by atoms with E-state index in [-0.39, 0.29) is 5.92 Å². The Morgan fingerprint density at radius 3 is 1.13 bits per heavy atom. The van der Waals surface area contributed by atoms with Gasteiger partial charge in [0.25, 0.3) is 0 Å². The molecule has 0 aliphatic heterocycles. The third kappa shape index (κ3) is 3.20. The molecule has 0 aliphatic rings. The molecule has 0 saturated carbocycles. The lowest BCUT2D eigenvalue weighted by Gasteiger charge is -2.17. The molecule has 31 heavy (non-hydrogen) atoms. The first-order chi connectivity index (χ1) is 15.1. The minimum absolute atomic E-state index is 0.0501. The Labute approximate surface area is 203 Å². The average molecular weight is 598 g/mol. The van der Waals surface area contributed by atoms with Crippen LogP contribution in [0.1, 0.15) is 22.6 Å². The van der Waals surface area contributed by atoms with E-state index in [9.17, 15) is 0 Å². The highest BCUT2D eigenvalue weighted by molar-refractivity contribution is 9.11. The number of hydrogen-bond donors (Lipinski definition) is 3. The van der Waals surface area contributed by atoms with Crippen LogP contribution in [0, 0.1) is 0 Å². The first kappa shape index (κ1) is 19.4. The molecule has 3 N–H and O–H groups in total. The van der Waals surface area contributed by atoms with E-state index in [0.717, 1.165) is 30.0 Å². The van der Waals surface area contributed by atoms with Crippen LogP contribution in [0.2, 0.25) is 0 Å². The van der Waals surface area contributed by atoms with Gasteiger partial charge in [-0.15, -0.1) is 0 Å². The van der Waals surface area contributed by atoms with Gasteiger partial charge in [0.1, 0.15) is 0 Å². The lowest BCUT2D eigenvalue weighted by Crippen LogP contribution is -2.02. The zero-order valence-electron chi connectivity index (χ0n) is 16.1. The molecule has 0 radical (unpaired) electrons. The van der Waals surface area contributed by atoms with Crippen LogP contribution in [0.4, 0.5) is 0 Å². The van der Waals surface area contributed by atoms with Gasteiger partial charge in [0.05, 0.1) is 0 Å². The van der Waals surface area contributed by atoms with Gasteiger partial charge in [-0.2, -0.15) is 0 Å². The summed E-state index contributed by atoms with van der Waals surface area (Å²) in [4.78, 5) is 10.4. The summed E-state index contributed by atoms with van der Waals surface area (Å²) in [5.74, 6) is 0.0501. The van der Waals surface area contributed by atoms with Gasteiger partial charge in [-0.1, -0.05) is 47.8 Å². The molecule has 6 rings (SSSR count). The van der Waals surface area contributed by atoms with Crippen LogP contribution in [-0.2, 0) is 0 Å². The zero-order valence-corrected chi connectivity index (χ0v) is 20.9. The maximum absolute atomic E-state index is 3.66. The van der Waals surface area contributed by atoms with E-state index < -0.39 is 0 Å². The molecule has 3 aromatic heterocycles. The number of aromatic amines is 3. The maximum Gasteiger partial charge on any atom is 0.0457 e. The van der Waals surface area contributed by atoms with E-state index in [1.165, 1.54) is 32.8 Å². The molecule has 0 atom stereocenters. The van der Waals surface area contributed by atoms with Crippen molar-refractivity contribution in [3.8, 4) is 0 Å². The third-order valence-electron chi connectivity index (χ3n) is 5.96. The van der Waals surface area contributed by atoms with Gasteiger partial charge >= 0.3 is 0 Å². The Bertz CT molecular complexity index is 1400. The Balaban J connectivity index is 1.70. The molecule has 152 valence electrons. The maximum atomic E-state index is 3.66. The summed E-state index contributed by atoms with van der Waals surface area (Å²) in [6.07, 6.45) is 6.44. The topological polar surface area (TPSA) is 47.4 Å². The number of nitrogens with one attached hydrogen (secondary N) is 3. The number of benzene rings is 3. The summed E-state index contributed by atoms with van der Waals surface area (Å²) in [7, 11) is 0. The number of rotatable bonds is 3. The molecule has 3 nitrogen and oxygen atoms in total. The van der Waals surface area contributed by atoms with Crippen molar-refractivity contribution in [1.29, 1.82) is 0 Å². The quantitative estimate of drug-likeness (QED) is 0.183. The highest BCUT2D eigenvalue weighted by Gasteiger charge is 2.26. The van der Waals surface area contributed by atoms with Crippen molar-refractivity contribution in [3.63, 3.8) is 0 Å². The van der Waals surface area contributed by atoms with Crippen LogP contribution >= 0.6 is 47.8 Å². The van der Waals surface area contributed by atoms with Crippen molar-refractivity contribution in [2.45, 2.75) is 5.92 Å². The second-order valence-electron chi connectivity index (χ2n) is 7.73. The summed E-state index contributed by atoms with van der Waals surface area (Å²) < 4.78 is 3.22. The molecule has 0 saturated heterocycles. The number of halogens is 3. The van der Waals surface area contributed by atoms with Crippen molar-refractivity contribution >= 4 is 80.5 Å². The molecular weight excluding hydrogens is 582 g/mol. The van der Waals surface area contributed by atoms with Crippen molar-refractivity contribution in [3.05, 3.63) is 103 Å². The van der Waals surface area contributed by atoms with Crippen molar-refractivity contribution in [1.82, 2.24) is 15.0 Å². The molecule has 0 bridgehead atoms. The standard InChI is InChI=1S/C25H16Br3N3/c26-13-1-4-22-16(7-13)19(10-29-22)25(20-11-30-23-5-2-14(27)8-17(20)23)21-12-31-24-6-3-15(28)9-18(21)24/h1-12,25,29-31H. The summed E-state index contributed by atoms with van der Waals surface area (Å²) in [5, 5.41) is 3.65. The van der Waals surface area contributed by atoms with E-state index in [1.807, 2.05) is 0 Å². The predicted molar refractivity (Wildman–Crippen MR) is 139 cm³/mol. The summed E-state index contributed by atoms with van der Waals surface area (Å²) in [5.41, 5.74) is 7.13. The largest absolute Gasteiger partial charge is 0.361 e. The molecule has 0 spiro atoms. The number of fused-ring (bicyclic) bond motifs is 3. The van der Waals surface area contributed by atoms with Crippen LogP contribution in [0.3, 0.4) is 0 Å². The molecule has 0 amide bonds. The van der Waals surface area contributed by atoms with Gasteiger partial charge in [0.15, 0.2) is 0 Å². The van der Waals surface area contributed by atoms with Gasteiger partial charge < -0.3 is 15.0 Å². The summed E-state index contributed by atoms with van der Waals surface area (Å²) in [6, 6.07) is 19.2. The Hall–Kier alpha value is -2.28. The van der Waals surface area contributed by atoms with E-state index in [4.69, 9.17) is 0 Å². The van der Waals surface area contributed by atoms with Gasteiger partial charge in [-0.25, -0.2) is 0 Å². The Morgan fingerprint density at radius 2 is 0.806 bits per heavy atom. The van der Waals surface area contributed by atoms with Crippen LogP contribution in [0.5, 0.6) is 0 Å². The normalized spacial score (nSPS) is 12.0. The summed E-state index contributed by atoms with van der Waals surface area (Å²) >= 11 is 11.0. The Kier molecular flexibility index (Phi) is 4.63. The minimum Gasteiger partial charge on any atom is -0.361 e. The van der Waals surface area contributed by atoms with Gasteiger partial charge in [-0.3, -0.25) is 0 Å². The smallest absolute Gasteiger partial charge is 0.0457 e. The fraction of sp³-hybridized carbons (Fsp3) is 0.0400. The third-order valence-corrected chi connectivity index (χ3v) is 7.44. The van der Waals surface area contributed by atoms with E-state index in [1.54, 1.807) is 0 Å². The molecular formula is C25H16Br3N3. The van der Waals surface area contributed by atoms with E-state index in [2.05, 4.69) is 136 Å². The summed E-state index contributed by atoms with van der Waals surface area (Å²) in [6.45, 7) is 0. The molecule has 0 fully saturated rings. The average Bonchev–Trinajstić information content (AvgIpc) is 3.46. The first-order valence-corrected chi connectivity index (χ1v) is 12.3. The fourth-order valence-electron chi connectivity index (χ4n) is 4.56. The van der Waals surface area contributed by atoms with Crippen LogP contribution in [0.25, 0.3) is 32.7 Å². The van der Waals surface area contributed by atoms with E-state index in [0.29, 0.717) is 0 Å². The second kappa shape index (κ2) is 7.40. The predicted octanol–water partition coefficient (Wildman–Crippen LogP) is 8.60. The van der Waals surface area contributed by atoms with Crippen molar-refractivity contribution < 1.29 is 0 Å². The highest BCUT2D eigenvalue weighted by atomic mass is 79.9. The Morgan fingerprint density at radius 1 is 0.484 bits per heavy atom. The lowest BCUT2D eigenvalue weighted by atomic mass is 9.84. The van der Waals surface area contributed by atoms with Gasteiger partial charge in [-0.05, 0) is 71.3 Å².